The first-order valence-electron chi connectivity index (χ1n) is 6.39. The number of rotatable bonds is 2. The molecule has 0 N–H and O–H groups in total. The van der Waals surface area contributed by atoms with Gasteiger partial charge in [0, 0.05) is 20.0 Å². The normalized spacial score (nSPS) is 20.6. The van der Waals surface area contributed by atoms with Crippen LogP contribution in [0.3, 0.4) is 0 Å². The van der Waals surface area contributed by atoms with Gasteiger partial charge in [-0.1, -0.05) is 11.6 Å². The fraction of sp³-hybridized carbons (Fsp3) is 0.615. The SMILES string of the molecule is CC(=O)N1CCC[C@H](Cc2ccc(Cl)nn2)CC1. The lowest BCUT2D eigenvalue weighted by atomic mass is 9.95. The maximum absolute atomic E-state index is 11.3. The van der Waals surface area contributed by atoms with Crippen LogP contribution in [0.25, 0.3) is 0 Å². The third-order valence-electron chi connectivity index (χ3n) is 3.48. The molecule has 18 heavy (non-hydrogen) atoms. The molecule has 2 heterocycles. The second-order valence-electron chi connectivity index (χ2n) is 4.85. The highest BCUT2D eigenvalue weighted by molar-refractivity contribution is 6.29. The zero-order valence-corrected chi connectivity index (χ0v) is 11.4. The largest absolute Gasteiger partial charge is 0.343 e. The standard InChI is InChI=1S/C13H18ClN3O/c1-10(18)17-7-2-3-11(6-8-17)9-12-4-5-13(14)16-15-12/h4-5,11H,2-3,6-9H2,1H3/t11-/m0/s1. The molecule has 1 atom stereocenters. The maximum atomic E-state index is 11.3. The van der Waals surface area contributed by atoms with Crippen molar-refractivity contribution in [2.24, 2.45) is 5.92 Å². The minimum Gasteiger partial charge on any atom is -0.343 e. The van der Waals surface area contributed by atoms with Crippen LogP contribution in [0.2, 0.25) is 5.15 Å². The monoisotopic (exact) mass is 267 g/mol. The van der Waals surface area contributed by atoms with Crippen molar-refractivity contribution in [2.75, 3.05) is 13.1 Å². The molecule has 1 amide bonds. The Bertz CT molecular complexity index is 407. The summed E-state index contributed by atoms with van der Waals surface area (Å²) in [6, 6.07) is 3.71. The minimum atomic E-state index is 0.182. The summed E-state index contributed by atoms with van der Waals surface area (Å²) in [6.45, 7) is 3.39. The molecule has 5 heteroatoms. The summed E-state index contributed by atoms with van der Waals surface area (Å²) in [4.78, 5) is 13.3. The first kappa shape index (κ1) is 13.3. The number of halogens is 1. The zero-order chi connectivity index (χ0) is 13.0. The lowest BCUT2D eigenvalue weighted by Gasteiger charge is -2.18. The maximum Gasteiger partial charge on any atom is 0.219 e. The van der Waals surface area contributed by atoms with E-state index in [1.807, 2.05) is 11.0 Å². The van der Waals surface area contributed by atoms with Gasteiger partial charge in [-0.3, -0.25) is 4.79 Å². The van der Waals surface area contributed by atoms with Crippen LogP contribution in [0, 0.1) is 5.92 Å². The van der Waals surface area contributed by atoms with Gasteiger partial charge < -0.3 is 4.90 Å². The summed E-state index contributed by atoms with van der Waals surface area (Å²) >= 11 is 5.72. The van der Waals surface area contributed by atoms with Crippen LogP contribution < -0.4 is 0 Å². The van der Waals surface area contributed by atoms with Crippen molar-refractivity contribution in [2.45, 2.75) is 32.6 Å². The van der Waals surface area contributed by atoms with Gasteiger partial charge in [-0.25, -0.2) is 0 Å². The van der Waals surface area contributed by atoms with Gasteiger partial charge in [-0.2, -0.15) is 5.10 Å². The fourth-order valence-corrected chi connectivity index (χ4v) is 2.53. The van der Waals surface area contributed by atoms with E-state index in [0.29, 0.717) is 11.1 Å². The Hall–Kier alpha value is -1.16. The molecule has 0 unspecified atom stereocenters. The number of carbonyl (C=O) groups is 1. The van der Waals surface area contributed by atoms with Crippen LogP contribution in [-0.4, -0.2) is 34.1 Å². The van der Waals surface area contributed by atoms with Crippen LogP contribution in [0.5, 0.6) is 0 Å². The van der Waals surface area contributed by atoms with Crippen molar-refractivity contribution in [1.82, 2.24) is 15.1 Å². The van der Waals surface area contributed by atoms with Crippen LogP contribution in [0.15, 0.2) is 12.1 Å². The number of likely N-dealkylation sites (tertiary alicyclic amines) is 1. The molecule has 1 fully saturated rings. The second kappa shape index (κ2) is 6.14. The van der Waals surface area contributed by atoms with Crippen LogP contribution in [-0.2, 0) is 11.2 Å². The number of amides is 1. The van der Waals surface area contributed by atoms with Crippen molar-refractivity contribution in [3.05, 3.63) is 23.0 Å². The Kier molecular flexibility index (Phi) is 4.53. The molecule has 1 aliphatic rings. The molecule has 0 aliphatic carbocycles. The Morgan fingerprint density at radius 1 is 1.39 bits per heavy atom. The Balaban J connectivity index is 1.90. The Labute approximate surface area is 112 Å². The van der Waals surface area contributed by atoms with Crippen molar-refractivity contribution in [1.29, 1.82) is 0 Å². The Morgan fingerprint density at radius 3 is 2.89 bits per heavy atom. The van der Waals surface area contributed by atoms with Gasteiger partial charge in [0.25, 0.3) is 0 Å². The van der Waals surface area contributed by atoms with Crippen molar-refractivity contribution >= 4 is 17.5 Å². The lowest BCUT2D eigenvalue weighted by molar-refractivity contribution is -0.128. The molecule has 0 bridgehead atoms. The molecule has 0 saturated carbocycles. The van der Waals surface area contributed by atoms with E-state index in [9.17, 15) is 4.79 Å². The van der Waals surface area contributed by atoms with Crippen LogP contribution >= 0.6 is 11.6 Å². The van der Waals surface area contributed by atoms with E-state index >= 15 is 0 Å². The molecular formula is C13H18ClN3O. The van der Waals surface area contributed by atoms with Gasteiger partial charge in [0.1, 0.15) is 0 Å². The summed E-state index contributed by atoms with van der Waals surface area (Å²) in [5, 5.41) is 8.39. The third kappa shape index (κ3) is 3.67. The summed E-state index contributed by atoms with van der Waals surface area (Å²) in [6.07, 6.45) is 4.19. The van der Waals surface area contributed by atoms with E-state index in [1.165, 1.54) is 0 Å². The fourth-order valence-electron chi connectivity index (χ4n) is 2.43. The molecule has 1 aliphatic heterocycles. The second-order valence-corrected chi connectivity index (χ2v) is 5.24. The molecule has 1 saturated heterocycles. The number of hydrogen-bond donors (Lipinski definition) is 0. The quantitative estimate of drug-likeness (QED) is 0.826. The van der Waals surface area contributed by atoms with Gasteiger partial charge in [0.2, 0.25) is 5.91 Å². The molecule has 0 spiro atoms. The van der Waals surface area contributed by atoms with Crippen molar-refractivity contribution in [3.63, 3.8) is 0 Å². The number of nitrogens with zero attached hydrogens (tertiary/aromatic N) is 3. The smallest absolute Gasteiger partial charge is 0.219 e. The van der Waals surface area contributed by atoms with Gasteiger partial charge >= 0.3 is 0 Å². The predicted octanol–water partition coefficient (Wildman–Crippen LogP) is 2.32. The molecule has 0 radical (unpaired) electrons. The van der Waals surface area contributed by atoms with E-state index in [4.69, 9.17) is 11.6 Å². The summed E-state index contributed by atoms with van der Waals surface area (Å²) in [5.74, 6) is 0.770. The van der Waals surface area contributed by atoms with E-state index in [2.05, 4.69) is 10.2 Å². The molecule has 4 nitrogen and oxygen atoms in total. The first-order valence-corrected chi connectivity index (χ1v) is 6.76. The van der Waals surface area contributed by atoms with E-state index < -0.39 is 0 Å². The first-order chi connectivity index (χ1) is 8.65. The number of carbonyl (C=O) groups excluding carboxylic acids is 1. The molecule has 1 aromatic heterocycles. The predicted molar refractivity (Wildman–Crippen MR) is 70.3 cm³/mol. The highest BCUT2D eigenvalue weighted by Crippen LogP contribution is 2.21. The number of hydrogen-bond acceptors (Lipinski definition) is 3. The van der Waals surface area contributed by atoms with Crippen LogP contribution in [0.4, 0.5) is 0 Å². The van der Waals surface area contributed by atoms with E-state index in [1.54, 1.807) is 13.0 Å². The highest BCUT2D eigenvalue weighted by Gasteiger charge is 2.19. The van der Waals surface area contributed by atoms with Crippen molar-refractivity contribution in [3.8, 4) is 0 Å². The molecular weight excluding hydrogens is 250 g/mol. The molecule has 0 aromatic carbocycles. The van der Waals surface area contributed by atoms with Gasteiger partial charge in [-0.05, 0) is 43.7 Å². The average molecular weight is 268 g/mol. The number of aromatic nitrogens is 2. The lowest BCUT2D eigenvalue weighted by Crippen LogP contribution is -2.29. The minimum absolute atomic E-state index is 0.182. The van der Waals surface area contributed by atoms with Crippen molar-refractivity contribution < 1.29 is 4.79 Å². The van der Waals surface area contributed by atoms with Crippen LogP contribution in [0.1, 0.15) is 31.9 Å². The van der Waals surface area contributed by atoms with E-state index in [-0.39, 0.29) is 5.91 Å². The zero-order valence-electron chi connectivity index (χ0n) is 10.6. The summed E-state index contributed by atoms with van der Waals surface area (Å²) in [7, 11) is 0. The molecule has 1 aromatic rings. The summed E-state index contributed by atoms with van der Waals surface area (Å²) < 4.78 is 0. The Morgan fingerprint density at radius 2 is 2.22 bits per heavy atom. The average Bonchev–Trinajstić information content (AvgIpc) is 2.58. The van der Waals surface area contributed by atoms with Gasteiger partial charge in [0.05, 0.1) is 5.69 Å². The molecule has 98 valence electrons. The third-order valence-corrected chi connectivity index (χ3v) is 3.68. The highest BCUT2D eigenvalue weighted by atomic mass is 35.5. The summed E-state index contributed by atoms with van der Waals surface area (Å²) in [5.41, 5.74) is 0.987. The topological polar surface area (TPSA) is 46.1 Å². The van der Waals surface area contributed by atoms with E-state index in [0.717, 1.165) is 44.5 Å². The molecule has 2 rings (SSSR count). The van der Waals surface area contributed by atoms with Gasteiger partial charge in [0.15, 0.2) is 5.15 Å². The van der Waals surface area contributed by atoms with Gasteiger partial charge in [-0.15, -0.1) is 5.10 Å².